The molecule has 0 spiro atoms. The summed E-state index contributed by atoms with van der Waals surface area (Å²) in [5.74, 6) is -0.590. The third-order valence-corrected chi connectivity index (χ3v) is 2.70. The number of carbonyl (C=O) groups excluding carboxylic acids is 1. The largest absolute Gasteiger partial charge is 0.406 e. The van der Waals surface area contributed by atoms with Crippen molar-refractivity contribution in [1.29, 1.82) is 0 Å². The van der Waals surface area contributed by atoms with Crippen molar-refractivity contribution in [2.24, 2.45) is 0 Å². The number of hydrogen-bond acceptors (Lipinski definition) is 3. The van der Waals surface area contributed by atoms with Crippen molar-refractivity contribution < 1.29 is 22.7 Å². The third-order valence-electron chi connectivity index (χ3n) is 2.70. The minimum absolute atomic E-state index is 0.0643. The van der Waals surface area contributed by atoms with Gasteiger partial charge in [0.15, 0.2) is 0 Å². The van der Waals surface area contributed by atoms with Crippen LogP contribution in [0.15, 0.2) is 30.3 Å². The number of methoxy groups -OCH3 is 1. The van der Waals surface area contributed by atoms with Gasteiger partial charge in [0.05, 0.1) is 13.2 Å². The van der Waals surface area contributed by atoms with Gasteiger partial charge in [-0.1, -0.05) is 30.3 Å². The Balaban J connectivity index is 2.61. The molecule has 0 heterocycles. The number of rotatable bonds is 8. The van der Waals surface area contributed by atoms with E-state index < -0.39 is 18.6 Å². The number of ether oxygens (including phenoxy) is 1. The number of nitrogens with one attached hydrogen (secondary N) is 1. The van der Waals surface area contributed by atoms with Gasteiger partial charge < -0.3 is 15.0 Å². The Kier molecular flexibility index (Phi) is 7.18. The summed E-state index contributed by atoms with van der Waals surface area (Å²) in [6.07, 6.45) is -4.42. The molecule has 0 aromatic heterocycles. The number of hydrogen-bond donors (Lipinski definition) is 1. The monoisotopic (exact) mass is 304 g/mol. The highest BCUT2D eigenvalue weighted by Crippen LogP contribution is 2.18. The lowest BCUT2D eigenvalue weighted by Crippen LogP contribution is -2.43. The minimum atomic E-state index is -4.42. The number of amides is 1. The molecule has 0 saturated carbocycles. The summed E-state index contributed by atoms with van der Waals surface area (Å²) in [4.78, 5) is 12.7. The van der Waals surface area contributed by atoms with E-state index in [1.165, 1.54) is 7.11 Å². The van der Waals surface area contributed by atoms with Crippen LogP contribution in [0.25, 0.3) is 0 Å². The van der Waals surface area contributed by atoms with Crippen molar-refractivity contribution in [1.82, 2.24) is 10.2 Å². The summed E-state index contributed by atoms with van der Waals surface area (Å²) < 4.78 is 42.5. The first-order valence-corrected chi connectivity index (χ1v) is 6.50. The second-order valence-corrected chi connectivity index (χ2v) is 4.52. The van der Waals surface area contributed by atoms with Gasteiger partial charge in [-0.05, 0) is 5.56 Å². The maximum atomic E-state index is 12.6. The highest BCUT2D eigenvalue weighted by molar-refractivity contribution is 5.78. The van der Waals surface area contributed by atoms with Gasteiger partial charge in [-0.25, -0.2) is 0 Å². The molecule has 0 fully saturated rings. The molecule has 0 atom stereocenters. The second-order valence-electron chi connectivity index (χ2n) is 4.52. The Bertz CT molecular complexity index is 424. The van der Waals surface area contributed by atoms with Crippen LogP contribution < -0.4 is 5.32 Å². The van der Waals surface area contributed by atoms with E-state index in [1.807, 2.05) is 0 Å². The minimum Gasteiger partial charge on any atom is -0.383 e. The van der Waals surface area contributed by atoms with Gasteiger partial charge in [-0.2, -0.15) is 13.2 Å². The van der Waals surface area contributed by atoms with E-state index in [0.717, 1.165) is 4.90 Å². The average molecular weight is 304 g/mol. The summed E-state index contributed by atoms with van der Waals surface area (Å²) in [7, 11) is 1.51. The zero-order chi connectivity index (χ0) is 15.7. The molecule has 21 heavy (non-hydrogen) atoms. The van der Waals surface area contributed by atoms with Crippen molar-refractivity contribution in [3.63, 3.8) is 0 Å². The second kappa shape index (κ2) is 8.63. The molecule has 0 unspecified atom stereocenters. The number of carbonyl (C=O) groups is 1. The Labute approximate surface area is 121 Å². The molecule has 0 aliphatic heterocycles. The van der Waals surface area contributed by atoms with E-state index in [9.17, 15) is 18.0 Å². The van der Waals surface area contributed by atoms with Crippen LogP contribution in [0.5, 0.6) is 0 Å². The van der Waals surface area contributed by atoms with Crippen molar-refractivity contribution in [2.45, 2.75) is 12.7 Å². The van der Waals surface area contributed by atoms with E-state index in [4.69, 9.17) is 4.74 Å². The highest BCUT2D eigenvalue weighted by atomic mass is 19.4. The summed E-state index contributed by atoms with van der Waals surface area (Å²) in [5, 5.41) is 2.75. The molecular weight excluding hydrogens is 285 g/mol. The molecule has 7 heteroatoms. The molecule has 1 amide bonds. The van der Waals surface area contributed by atoms with Crippen molar-refractivity contribution in [3.8, 4) is 0 Å². The molecule has 1 aromatic carbocycles. The number of benzene rings is 1. The van der Waals surface area contributed by atoms with Gasteiger partial charge in [0.25, 0.3) is 0 Å². The van der Waals surface area contributed by atoms with Crippen LogP contribution in [-0.4, -0.2) is 50.3 Å². The molecule has 4 nitrogen and oxygen atoms in total. The SMILES string of the molecule is COCCNCC(=O)N(Cc1ccccc1)CC(F)(F)F. The van der Waals surface area contributed by atoms with Crippen LogP contribution in [0.1, 0.15) is 5.56 Å². The fourth-order valence-corrected chi connectivity index (χ4v) is 1.73. The fraction of sp³-hybridized carbons (Fsp3) is 0.500. The Morgan fingerprint density at radius 3 is 2.52 bits per heavy atom. The predicted molar refractivity (Wildman–Crippen MR) is 72.7 cm³/mol. The molecule has 0 aliphatic rings. The molecule has 1 rings (SSSR count). The van der Waals surface area contributed by atoms with Crippen LogP contribution >= 0.6 is 0 Å². The van der Waals surface area contributed by atoms with Gasteiger partial charge in [0, 0.05) is 20.2 Å². The Morgan fingerprint density at radius 2 is 1.95 bits per heavy atom. The van der Waals surface area contributed by atoms with Gasteiger partial charge in [0.2, 0.25) is 5.91 Å². The standard InChI is InChI=1S/C14H19F3N2O2/c1-21-8-7-18-9-13(20)19(11-14(15,16)17)10-12-5-3-2-4-6-12/h2-6,18H,7-11H2,1H3. The maximum Gasteiger partial charge on any atom is 0.406 e. The first-order chi connectivity index (χ1) is 9.92. The molecule has 118 valence electrons. The first kappa shape index (κ1) is 17.5. The third kappa shape index (κ3) is 7.67. The van der Waals surface area contributed by atoms with Crippen LogP contribution in [-0.2, 0) is 16.1 Å². The Morgan fingerprint density at radius 1 is 1.29 bits per heavy atom. The van der Waals surface area contributed by atoms with Crippen molar-refractivity contribution >= 4 is 5.91 Å². The molecule has 1 N–H and O–H groups in total. The van der Waals surface area contributed by atoms with E-state index >= 15 is 0 Å². The molecular formula is C14H19F3N2O2. The number of nitrogens with zero attached hydrogens (tertiary/aromatic N) is 1. The quantitative estimate of drug-likeness (QED) is 0.745. The summed E-state index contributed by atoms with van der Waals surface area (Å²) >= 11 is 0. The number of alkyl halides is 3. The molecule has 0 radical (unpaired) electrons. The molecule has 0 bridgehead atoms. The van der Waals surface area contributed by atoms with Gasteiger partial charge >= 0.3 is 6.18 Å². The lowest BCUT2D eigenvalue weighted by molar-refractivity contribution is -0.161. The van der Waals surface area contributed by atoms with Crippen LogP contribution in [0.2, 0.25) is 0 Å². The van der Waals surface area contributed by atoms with Gasteiger partial charge in [0.1, 0.15) is 6.54 Å². The summed E-state index contributed by atoms with van der Waals surface area (Å²) in [6, 6.07) is 8.60. The summed E-state index contributed by atoms with van der Waals surface area (Å²) in [6.45, 7) is -0.664. The van der Waals surface area contributed by atoms with Crippen LogP contribution in [0.3, 0.4) is 0 Å². The van der Waals surface area contributed by atoms with Crippen LogP contribution in [0, 0.1) is 0 Å². The fourth-order valence-electron chi connectivity index (χ4n) is 1.73. The van der Waals surface area contributed by atoms with E-state index in [0.29, 0.717) is 18.7 Å². The average Bonchev–Trinajstić information content (AvgIpc) is 2.42. The topological polar surface area (TPSA) is 41.6 Å². The maximum absolute atomic E-state index is 12.6. The predicted octanol–water partition coefficient (Wildman–Crippen LogP) is 1.81. The molecule has 0 aliphatic carbocycles. The lowest BCUT2D eigenvalue weighted by Gasteiger charge is -2.24. The van der Waals surface area contributed by atoms with Crippen molar-refractivity contribution in [2.75, 3.05) is 33.4 Å². The normalized spacial score (nSPS) is 11.4. The summed E-state index contributed by atoms with van der Waals surface area (Å²) in [5.41, 5.74) is 0.659. The number of halogens is 3. The zero-order valence-electron chi connectivity index (χ0n) is 11.8. The molecule has 0 saturated heterocycles. The van der Waals surface area contributed by atoms with Crippen molar-refractivity contribution in [3.05, 3.63) is 35.9 Å². The van der Waals surface area contributed by atoms with Gasteiger partial charge in [-0.3, -0.25) is 4.79 Å². The van der Waals surface area contributed by atoms with Gasteiger partial charge in [-0.15, -0.1) is 0 Å². The lowest BCUT2D eigenvalue weighted by atomic mass is 10.2. The Hall–Kier alpha value is -1.60. The van der Waals surface area contributed by atoms with E-state index in [1.54, 1.807) is 30.3 Å². The van der Waals surface area contributed by atoms with Crippen LogP contribution in [0.4, 0.5) is 13.2 Å². The zero-order valence-corrected chi connectivity index (χ0v) is 11.8. The van der Waals surface area contributed by atoms with E-state index in [-0.39, 0.29) is 13.1 Å². The smallest absolute Gasteiger partial charge is 0.383 e. The van der Waals surface area contributed by atoms with E-state index in [2.05, 4.69) is 5.32 Å². The molecule has 1 aromatic rings. The first-order valence-electron chi connectivity index (χ1n) is 6.50. The highest BCUT2D eigenvalue weighted by Gasteiger charge is 2.32.